The van der Waals surface area contributed by atoms with Crippen LogP contribution in [0.4, 0.5) is 0 Å². The summed E-state index contributed by atoms with van der Waals surface area (Å²) in [6.45, 7) is 7.40. The van der Waals surface area contributed by atoms with E-state index in [-0.39, 0.29) is 0 Å². The number of hydrogen-bond donors (Lipinski definition) is 1. The average molecular weight is 265 g/mol. The summed E-state index contributed by atoms with van der Waals surface area (Å²) in [5, 5.41) is 3.70. The highest BCUT2D eigenvalue weighted by Crippen LogP contribution is 2.35. The number of nitrogens with zero attached hydrogens (tertiary/aromatic N) is 2. The Bertz CT molecular complexity index is 280. The normalized spacial score (nSPS) is 40.7. The molecule has 3 rings (SSSR count). The van der Waals surface area contributed by atoms with Gasteiger partial charge in [0.2, 0.25) is 0 Å². The van der Waals surface area contributed by atoms with Crippen LogP contribution in [0.25, 0.3) is 0 Å². The Morgan fingerprint density at radius 1 is 1.11 bits per heavy atom. The first-order valence-corrected chi connectivity index (χ1v) is 8.44. The van der Waals surface area contributed by atoms with Gasteiger partial charge in [0.1, 0.15) is 0 Å². The monoisotopic (exact) mass is 265 g/mol. The molecule has 3 aliphatic rings. The fraction of sp³-hybridized carbons (Fsp3) is 1.00. The minimum Gasteiger partial charge on any atom is -0.314 e. The van der Waals surface area contributed by atoms with Gasteiger partial charge in [-0.05, 0) is 58.2 Å². The smallest absolute Gasteiger partial charge is 0.0113 e. The van der Waals surface area contributed by atoms with Gasteiger partial charge in [-0.3, -0.25) is 4.90 Å². The fourth-order valence-electron chi connectivity index (χ4n) is 4.71. The van der Waals surface area contributed by atoms with Gasteiger partial charge in [0, 0.05) is 31.2 Å². The molecule has 3 aliphatic heterocycles. The first kappa shape index (κ1) is 13.8. The first-order valence-electron chi connectivity index (χ1n) is 8.44. The van der Waals surface area contributed by atoms with Gasteiger partial charge in [-0.1, -0.05) is 13.3 Å². The van der Waals surface area contributed by atoms with E-state index in [2.05, 4.69) is 29.1 Å². The van der Waals surface area contributed by atoms with Crippen molar-refractivity contribution in [3.05, 3.63) is 0 Å². The summed E-state index contributed by atoms with van der Waals surface area (Å²) in [4.78, 5) is 5.41. The number of piperidine rings is 2. The van der Waals surface area contributed by atoms with E-state index in [0.717, 1.165) is 30.6 Å². The lowest BCUT2D eigenvalue weighted by Crippen LogP contribution is -2.57. The summed E-state index contributed by atoms with van der Waals surface area (Å²) in [6, 6.07) is 2.55. The van der Waals surface area contributed by atoms with Crippen LogP contribution in [-0.2, 0) is 0 Å². The van der Waals surface area contributed by atoms with Crippen LogP contribution in [0.3, 0.4) is 0 Å². The van der Waals surface area contributed by atoms with Crippen molar-refractivity contribution in [1.82, 2.24) is 15.1 Å². The van der Waals surface area contributed by atoms with Gasteiger partial charge in [0.15, 0.2) is 0 Å². The fourth-order valence-corrected chi connectivity index (χ4v) is 4.71. The molecule has 0 amide bonds. The van der Waals surface area contributed by atoms with Crippen molar-refractivity contribution >= 4 is 0 Å². The molecule has 0 aromatic heterocycles. The molecule has 0 aromatic rings. The van der Waals surface area contributed by atoms with Crippen LogP contribution >= 0.6 is 0 Å². The second-order valence-electron chi connectivity index (χ2n) is 7.08. The quantitative estimate of drug-likeness (QED) is 0.838. The molecule has 3 unspecified atom stereocenters. The number of likely N-dealkylation sites (tertiary alicyclic amines) is 1. The maximum Gasteiger partial charge on any atom is 0.0113 e. The molecule has 3 saturated heterocycles. The van der Waals surface area contributed by atoms with Crippen molar-refractivity contribution in [1.29, 1.82) is 0 Å². The Kier molecular flexibility index (Phi) is 4.45. The number of nitrogens with one attached hydrogen (secondary N) is 1. The zero-order valence-corrected chi connectivity index (χ0v) is 12.8. The minimum atomic E-state index is 0.794. The second-order valence-corrected chi connectivity index (χ2v) is 7.08. The lowest BCUT2D eigenvalue weighted by molar-refractivity contribution is 0.0136. The number of fused-ring (bicyclic) bond motifs is 2. The second kappa shape index (κ2) is 6.11. The molecule has 2 bridgehead atoms. The molecule has 1 N–H and O–H groups in total. The van der Waals surface area contributed by atoms with Crippen LogP contribution < -0.4 is 5.32 Å². The summed E-state index contributed by atoms with van der Waals surface area (Å²) in [7, 11) is 2.28. The van der Waals surface area contributed by atoms with Crippen LogP contribution in [0.15, 0.2) is 0 Å². The number of rotatable bonds is 4. The summed E-state index contributed by atoms with van der Waals surface area (Å²) >= 11 is 0. The van der Waals surface area contributed by atoms with Gasteiger partial charge < -0.3 is 10.2 Å². The van der Waals surface area contributed by atoms with Crippen molar-refractivity contribution in [3.8, 4) is 0 Å². The van der Waals surface area contributed by atoms with Gasteiger partial charge in [-0.2, -0.15) is 0 Å². The third-order valence-corrected chi connectivity index (χ3v) is 5.58. The van der Waals surface area contributed by atoms with Crippen molar-refractivity contribution < 1.29 is 0 Å². The van der Waals surface area contributed by atoms with Crippen LogP contribution in [0, 0.1) is 5.92 Å². The molecule has 19 heavy (non-hydrogen) atoms. The Balaban J connectivity index is 1.59. The average Bonchev–Trinajstić information content (AvgIpc) is 2.76. The zero-order chi connectivity index (χ0) is 13.2. The minimum absolute atomic E-state index is 0.794. The maximum absolute atomic E-state index is 3.70. The predicted molar refractivity (Wildman–Crippen MR) is 80.4 cm³/mol. The molecule has 0 aromatic carbocycles. The van der Waals surface area contributed by atoms with Crippen molar-refractivity contribution in [2.75, 3.05) is 33.2 Å². The zero-order valence-electron chi connectivity index (χ0n) is 12.8. The van der Waals surface area contributed by atoms with E-state index in [4.69, 9.17) is 0 Å². The van der Waals surface area contributed by atoms with Crippen molar-refractivity contribution in [2.45, 2.75) is 63.6 Å². The van der Waals surface area contributed by atoms with Crippen molar-refractivity contribution in [3.63, 3.8) is 0 Å². The van der Waals surface area contributed by atoms with E-state index >= 15 is 0 Å². The van der Waals surface area contributed by atoms with Gasteiger partial charge in [-0.15, -0.1) is 0 Å². The summed E-state index contributed by atoms with van der Waals surface area (Å²) < 4.78 is 0. The van der Waals surface area contributed by atoms with Crippen LogP contribution in [0.5, 0.6) is 0 Å². The van der Waals surface area contributed by atoms with Gasteiger partial charge in [-0.25, -0.2) is 0 Å². The first-order chi connectivity index (χ1) is 9.26. The molecular weight excluding hydrogens is 234 g/mol. The molecule has 3 atom stereocenters. The van der Waals surface area contributed by atoms with Crippen molar-refractivity contribution in [2.24, 2.45) is 5.92 Å². The van der Waals surface area contributed by atoms with E-state index in [1.54, 1.807) is 0 Å². The highest BCUT2D eigenvalue weighted by atomic mass is 15.2. The molecule has 0 spiro atoms. The predicted octanol–water partition coefficient (Wildman–Crippen LogP) is 1.93. The molecule has 0 aliphatic carbocycles. The van der Waals surface area contributed by atoms with E-state index in [0.29, 0.717) is 0 Å². The Morgan fingerprint density at radius 2 is 1.84 bits per heavy atom. The maximum atomic E-state index is 3.70. The van der Waals surface area contributed by atoms with Gasteiger partial charge in [0.25, 0.3) is 0 Å². The highest BCUT2D eigenvalue weighted by Gasteiger charge is 2.39. The third-order valence-electron chi connectivity index (χ3n) is 5.58. The topological polar surface area (TPSA) is 18.5 Å². The summed E-state index contributed by atoms with van der Waals surface area (Å²) in [5.74, 6) is 0.934. The van der Waals surface area contributed by atoms with E-state index in [9.17, 15) is 0 Å². The van der Waals surface area contributed by atoms with E-state index < -0.39 is 0 Å². The summed E-state index contributed by atoms with van der Waals surface area (Å²) in [5.41, 5.74) is 0. The van der Waals surface area contributed by atoms with Gasteiger partial charge in [0.05, 0.1) is 0 Å². The third kappa shape index (κ3) is 3.14. The molecule has 3 heterocycles. The molecule has 110 valence electrons. The van der Waals surface area contributed by atoms with Gasteiger partial charge >= 0.3 is 0 Å². The van der Waals surface area contributed by atoms with Crippen LogP contribution in [-0.4, -0.2) is 61.2 Å². The summed E-state index contributed by atoms with van der Waals surface area (Å²) in [6.07, 6.45) is 8.57. The van der Waals surface area contributed by atoms with Crippen LogP contribution in [0.1, 0.15) is 45.4 Å². The SMILES string of the molecule is CCNC1CC2CCCC(C1)N2CC1CCN(C)C1. The lowest BCUT2D eigenvalue weighted by atomic mass is 9.81. The van der Waals surface area contributed by atoms with Crippen LogP contribution in [0.2, 0.25) is 0 Å². The number of hydrogen-bond acceptors (Lipinski definition) is 3. The standard InChI is InChI=1S/C16H31N3/c1-3-17-14-9-15-5-4-6-16(10-14)19(15)12-13-7-8-18(2)11-13/h13-17H,3-12H2,1-2H3. The Hall–Kier alpha value is -0.120. The molecule has 3 fully saturated rings. The van der Waals surface area contributed by atoms with E-state index in [1.807, 2.05) is 0 Å². The molecule has 3 nitrogen and oxygen atoms in total. The molecule has 0 saturated carbocycles. The molecular formula is C16H31N3. The largest absolute Gasteiger partial charge is 0.314 e. The molecule has 3 heteroatoms. The lowest BCUT2D eigenvalue weighted by Gasteiger charge is -2.50. The van der Waals surface area contributed by atoms with E-state index in [1.165, 1.54) is 58.2 Å². The molecule has 0 radical (unpaired) electrons. The highest BCUT2D eigenvalue weighted by molar-refractivity contribution is 4.96. The Morgan fingerprint density at radius 3 is 2.42 bits per heavy atom. The Labute approximate surface area is 118 Å².